The van der Waals surface area contributed by atoms with Crippen LogP contribution in [0.25, 0.3) is 0 Å². The van der Waals surface area contributed by atoms with Crippen LogP contribution >= 0.6 is 0 Å². The summed E-state index contributed by atoms with van der Waals surface area (Å²) in [5, 5.41) is 10.4. The highest BCUT2D eigenvalue weighted by molar-refractivity contribution is 5.36. The smallest absolute Gasteiger partial charge is 0.120 e. The van der Waals surface area contributed by atoms with Gasteiger partial charge in [0.05, 0.1) is 7.11 Å². The largest absolute Gasteiger partial charge is 0.508 e. The van der Waals surface area contributed by atoms with Gasteiger partial charge in [-0.25, -0.2) is 0 Å². The second-order valence-corrected chi connectivity index (χ2v) is 6.89. The number of rotatable bonds is 11. The second kappa shape index (κ2) is 10.9. The third-order valence-corrected chi connectivity index (χ3v) is 4.91. The zero-order chi connectivity index (χ0) is 18.8. The first-order chi connectivity index (χ1) is 12.7. The van der Waals surface area contributed by atoms with Crippen molar-refractivity contribution in [3.8, 4) is 11.5 Å². The Labute approximate surface area is 158 Å². The van der Waals surface area contributed by atoms with Crippen molar-refractivity contribution < 1.29 is 9.84 Å². The van der Waals surface area contributed by atoms with E-state index in [1.807, 2.05) is 18.2 Å². The van der Waals surface area contributed by atoms with Gasteiger partial charge < -0.3 is 9.84 Å². The fourth-order valence-corrected chi connectivity index (χ4v) is 3.16. The summed E-state index contributed by atoms with van der Waals surface area (Å²) in [6.07, 6.45) is 5.50. The summed E-state index contributed by atoms with van der Waals surface area (Å²) >= 11 is 0. The Hall–Kier alpha value is -2.00. The van der Waals surface area contributed by atoms with Gasteiger partial charge in [-0.1, -0.05) is 44.5 Å². The highest BCUT2D eigenvalue weighted by Gasteiger charge is 2.08. The SMILES string of the molecule is CCCCN(CC)Cc1ccc(CCCc2ccc(OC)cc2)cc1O. The van der Waals surface area contributed by atoms with Gasteiger partial charge >= 0.3 is 0 Å². The van der Waals surface area contributed by atoms with E-state index in [0.717, 1.165) is 50.2 Å². The second-order valence-electron chi connectivity index (χ2n) is 6.89. The average Bonchev–Trinajstić information content (AvgIpc) is 2.67. The Morgan fingerprint density at radius 1 is 0.923 bits per heavy atom. The molecule has 0 fully saturated rings. The molecule has 0 aliphatic rings. The van der Waals surface area contributed by atoms with Gasteiger partial charge in [-0.2, -0.15) is 0 Å². The van der Waals surface area contributed by atoms with Gasteiger partial charge in [0.1, 0.15) is 11.5 Å². The molecule has 0 spiro atoms. The number of aryl methyl sites for hydroxylation is 2. The van der Waals surface area contributed by atoms with E-state index in [9.17, 15) is 5.11 Å². The van der Waals surface area contributed by atoms with Gasteiger partial charge in [0.25, 0.3) is 0 Å². The Bertz CT molecular complexity index is 652. The molecule has 0 saturated carbocycles. The normalized spacial score (nSPS) is 11.1. The van der Waals surface area contributed by atoms with Gasteiger partial charge in [-0.05, 0) is 68.1 Å². The maximum atomic E-state index is 10.4. The Kier molecular flexibility index (Phi) is 8.49. The Morgan fingerprint density at radius 2 is 1.62 bits per heavy atom. The van der Waals surface area contributed by atoms with Crippen LogP contribution in [0, 0.1) is 0 Å². The fraction of sp³-hybridized carbons (Fsp3) is 0.478. The molecule has 0 saturated heterocycles. The number of phenols is 1. The van der Waals surface area contributed by atoms with Crippen LogP contribution in [-0.4, -0.2) is 30.2 Å². The predicted octanol–water partition coefficient (Wildman–Crippen LogP) is 5.20. The van der Waals surface area contributed by atoms with Crippen LogP contribution < -0.4 is 4.74 Å². The number of benzene rings is 2. The lowest BCUT2D eigenvalue weighted by Crippen LogP contribution is -2.23. The lowest BCUT2D eigenvalue weighted by Gasteiger charge is -2.21. The van der Waals surface area contributed by atoms with Crippen LogP contribution in [0.3, 0.4) is 0 Å². The summed E-state index contributed by atoms with van der Waals surface area (Å²) in [4.78, 5) is 2.39. The third kappa shape index (κ3) is 6.38. The molecule has 0 amide bonds. The lowest BCUT2D eigenvalue weighted by molar-refractivity contribution is 0.271. The van der Waals surface area contributed by atoms with Crippen LogP contribution in [0.5, 0.6) is 11.5 Å². The molecule has 0 aliphatic carbocycles. The molecule has 142 valence electrons. The molecule has 3 heteroatoms. The maximum absolute atomic E-state index is 10.4. The highest BCUT2D eigenvalue weighted by atomic mass is 16.5. The van der Waals surface area contributed by atoms with E-state index in [1.165, 1.54) is 24.0 Å². The number of methoxy groups -OCH3 is 1. The number of aromatic hydroxyl groups is 1. The minimum Gasteiger partial charge on any atom is -0.508 e. The molecule has 0 aliphatic heterocycles. The first kappa shape index (κ1) is 20.3. The molecular formula is C23H33NO2. The molecule has 1 N–H and O–H groups in total. The first-order valence-electron chi connectivity index (χ1n) is 9.82. The molecule has 2 aromatic rings. The molecule has 2 aromatic carbocycles. The van der Waals surface area contributed by atoms with Crippen LogP contribution in [0.4, 0.5) is 0 Å². The van der Waals surface area contributed by atoms with Crippen molar-refractivity contribution >= 4 is 0 Å². The van der Waals surface area contributed by atoms with Crippen molar-refractivity contribution in [2.24, 2.45) is 0 Å². The molecule has 0 radical (unpaired) electrons. The van der Waals surface area contributed by atoms with E-state index in [1.54, 1.807) is 7.11 Å². The van der Waals surface area contributed by atoms with Gasteiger partial charge in [-0.3, -0.25) is 4.90 Å². The molecular weight excluding hydrogens is 322 g/mol. The Morgan fingerprint density at radius 3 is 2.23 bits per heavy atom. The van der Waals surface area contributed by atoms with Crippen molar-refractivity contribution in [3.05, 3.63) is 59.2 Å². The van der Waals surface area contributed by atoms with E-state index in [2.05, 4.69) is 43.0 Å². The molecule has 3 nitrogen and oxygen atoms in total. The number of hydrogen-bond donors (Lipinski definition) is 1. The van der Waals surface area contributed by atoms with Crippen LogP contribution in [0.1, 0.15) is 49.8 Å². The maximum Gasteiger partial charge on any atom is 0.120 e. The third-order valence-electron chi connectivity index (χ3n) is 4.91. The minimum absolute atomic E-state index is 0.432. The molecule has 0 heterocycles. The van der Waals surface area contributed by atoms with Gasteiger partial charge in [-0.15, -0.1) is 0 Å². The van der Waals surface area contributed by atoms with Gasteiger partial charge in [0.2, 0.25) is 0 Å². The minimum atomic E-state index is 0.432. The molecule has 0 aromatic heterocycles. The lowest BCUT2D eigenvalue weighted by atomic mass is 10.0. The predicted molar refractivity (Wildman–Crippen MR) is 109 cm³/mol. The summed E-state index contributed by atoms with van der Waals surface area (Å²) in [5.41, 5.74) is 3.55. The van der Waals surface area contributed by atoms with E-state index < -0.39 is 0 Å². The zero-order valence-electron chi connectivity index (χ0n) is 16.5. The molecule has 0 unspecified atom stereocenters. The van der Waals surface area contributed by atoms with E-state index >= 15 is 0 Å². The van der Waals surface area contributed by atoms with Crippen molar-refractivity contribution in [2.45, 2.75) is 52.5 Å². The van der Waals surface area contributed by atoms with E-state index in [4.69, 9.17) is 4.74 Å². The Balaban J connectivity index is 1.85. The number of hydrogen-bond acceptors (Lipinski definition) is 3. The number of nitrogens with zero attached hydrogens (tertiary/aromatic N) is 1. The van der Waals surface area contributed by atoms with Crippen molar-refractivity contribution in [1.82, 2.24) is 4.90 Å². The summed E-state index contributed by atoms with van der Waals surface area (Å²) < 4.78 is 5.19. The van der Waals surface area contributed by atoms with Gasteiger partial charge in [0.15, 0.2) is 0 Å². The topological polar surface area (TPSA) is 32.7 Å². The number of phenolic OH excluding ortho intramolecular Hbond substituents is 1. The monoisotopic (exact) mass is 355 g/mol. The van der Waals surface area contributed by atoms with Crippen molar-refractivity contribution in [3.63, 3.8) is 0 Å². The van der Waals surface area contributed by atoms with Crippen LogP contribution in [0.2, 0.25) is 0 Å². The summed E-state index contributed by atoms with van der Waals surface area (Å²) in [6.45, 7) is 7.33. The summed E-state index contributed by atoms with van der Waals surface area (Å²) in [7, 11) is 1.69. The molecule has 26 heavy (non-hydrogen) atoms. The van der Waals surface area contributed by atoms with Crippen molar-refractivity contribution in [1.29, 1.82) is 0 Å². The van der Waals surface area contributed by atoms with Gasteiger partial charge in [0, 0.05) is 12.1 Å². The molecule has 2 rings (SSSR count). The standard InChI is InChI=1S/C23H33NO2/c1-4-6-16-24(5-2)18-21-13-10-20(17-23(21)25)9-7-8-19-11-14-22(26-3)15-12-19/h10-15,17,25H,4-9,16,18H2,1-3H3. The molecule has 0 bridgehead atoms. The fourth-order valence-electron chi connectivity index (χ4n) is 3.16. The first-order valence-corrected chi connectivity index (χ1v) is 9.82. The highest BCUT2D eigenvalue weighted by Crippen LogP contribution is 2.22. The quantitative estimate of drug-likeness (QED) is 0.601. The van der Waals surface area contributed by atoms with E-state index in [-0.39, 0.29) is 0 Å². The zero-order valence-corrected chi connectivity index (χ0v) is 16.5. The average molecular weight is 356 g/mol. The summed E-state index contributed by atoms with van der Waals surface area (Å²) in [5.74, 6) is 1.33. The summed E-state index contributed by atoms with van der Waals surface area (Å²) in [6, 6.07) is 14.5. The van der Waals surface area contributed by atoms with Crippen LogP contribution in [0.15, 0.2) is 42.5 Å². The van der Waals surface area contributed by atoms with Crippen molar-refractivity contribution in [2.75, 3.05) is 20.2 Å². The number of unbranched alkanes of at least 4 members (excludes halogenated alkanes) is 1. The molecule has 0 atom stereocenters. The number of ether oxygens (including phenoxy) is 1. The van der Waals surface area contributed by atoms with Crippen LogP contribution in [-0.2, 0) is 19.4 Å². The van der Waals surface area contributed by atoms with E-state index in [0.29, 0.717) is 5.75 Å².